The number of likely N-dealkylation sites (N-methyl/N-ethyl adjacent to an activating group) is 1. The van der Waals surface area contributed by atoms with E-state index in [9.17, 15) is 9.59 Å². The van der Waals surface area contributed by atoms with Crippen LogP contribution in [0.25, 0.3) is 28.2 Å². The molecule has 11 heteroatoms. The minimum absolute atomic E-state index is 0.320. The average Bonchev–Trinajstić information content (AvgIpc) is 3.40. The number of methoxy groups -OCH3 is 1. The van der Waals surface area contributed by atoms with Gasteiger partial charge < -0.3 is 14.8 Å². The number of nitrogens with zero attached hydrogens (tertiary/aromatic N) is 5. The number of fused-ring (bicyclic) bond motifs is 1. The summed E-state index contributed by atoms with van der Waals surface area (Å²) >= 11 is 0. The van der Waals surface area contributed by atoms with Crippen molar-refractivity contribution in [3.8, 4) is 39.6 Å². The fraction of sp³-hybridized carbons (Fsp3) is 0.432. The molecule has 4 rings (SSSR count). The van der Waals surface area contributed by atoms with Gasteiger partial charge in [-0.1, -0.05) is 27.7 Å². The molecule has 256 valence electrons. The minimum atomic E-state index is -1.35. The van der Waals surface area contributed by atoms with Crippen molar-refractivity contribution in [2.24, 2.45) is 0 Å². The van der Waals surface area contributed by atoms with Crippen LogP contribution in [0.2, 0.25) is 0 Å². The number of anilines is 1. The van der Waals surface area contributed by atoms with E-state index in [0.717, 1.165) is 33.7 Å². The molecule has 0 saturated heterocycles. The first-order valence-electron chi connectivity index (χ1n) is 16.0. The molecule has 2 amide bonds. The first-order chi connectivity index (χ1) is 22.4. The number of nitrogens with one attached hydrogen (secondary N) is 1. The van der Waals surface area contributed by atoms with Crippen molar-refractivity contribution < 1.29 is 19.1 Å². The Morgan fingerprint density at radius 1 is 1.02 bits per heavy atom. The van der Waals surface area contributed by atoms with Gasteiger partial charge in [0.2, 0.25) is 11.8 Å². The molecule has 0 aliphatic rings. The van der Waals surface area contributed by atoms with E-state index in [4.69, 9.17) is 19.4 Å². The summed E-state index contributed by atoms with van der Waals surface area (Å²) in [5.41, 5.74) is 4.77. The van der Waals surface area contributed by atoms with Gasteiger partial charge in [-0.3, -0.25) is 14.1 Å². The third kappa shape index (κ3) is 7.93. The van der Waals surface area contributed by atoms with Crippen molar-refractivity contribution in [2.45, 2.75) is 84.5 Å². The summed E-state index contributed by atoms with van der Waals surface area (Å²) in [6, 6.07) is 10.7. The summed E-state index contributed by atoms with van der Waals surface area (Å²) in [5, 5.41) is 7.25. The molecule has 0 aliphatic carbocycles. The average molecular weight is 673 g/mol. The van der Waals surface area contributed by atoms with Crippen LogP contribution in [0.3, 0.4) is 0 Å². The van der Waals surface area contributed by atoms with E-state index in [1.165, 1.54) is 11.9 Å². The van der Waals surface area contributed by atoms with Crippen molar-refractivity contribution >= 4 is 33.5 Å². The van der Waals surface area contributed by atoms with Crippen molar-refractivity contribution in [3.63, 3.8) is 0 Å². The van der Waals surface area contributed by atoms with Gasteiger partial charge >= 0.3 is 6.09 Å². The zero-order valence-electron chi connectivity index (χ0n) is 30.1. The van der Waals surface area contributed by atoms with E-state index in [-0.39, 0.29) is 0 Å². The maximum absolute atomic E-state index is 13.4. The summed E-state index contributed by atoms with van der Waals surface area (Å²) in [6.07, 6.45) is 5.35. The Morgan fingerprint density at radius 3 is 2.33 bits per heavy atom. The molecule has 48 heavy (non-hydrogen) atoms. The molecule has 0 radical (unpaired) electrons. The van der Waals surface area contributed by atoms with Crippen LogP contribution in [-0.2, 0) is 9.53 Å². The molecule has 1 N–H and O–H groups in total. The number of hydrogen-bond acceptors (Lipinski definition) is 7. The van der Waals surface area contributed by atoms with Gasteiger partial charge in [-0.2, -0.15) is 10.0 Å². The predicted molar refractivity (Wildman–Crippen MR) is 196 cm³/mol. The van der Waals surface area contributed by atoms with Gasteiger partial charge in [0.05, 0.1) is 18.5 Å². The van der Waals surface area contributed by atoms with Gasteiger partial charge in [0, 0.05) is 36.6 Å². The monoisotopic (exact) mass is 672 g/mol. The van der Waals surface area contributed by atoms with Gasteiger partial charge in [0.15, 0.2) is 0 Å². The molecule has 4 heterocycles. The Balaban J connectivity index is 1.89. The minimum Gasteiger partial charge on any atom is -0.481 e. The maximum Gasteiger partial charge on any atom is 0.410 e. The summed E-state index contributed by atoms with van der Waals surface area (Å²) in [5.74, 6) is 3.84. The predicted octanol–water partition coefficient (Wildman–Crippen LogP) is 7.53. The van der Waals surface area contributed by atoms with Crippen LogP contribution in [0.4, 0.5) is 10.6 Å². The second kappa shape index (κ2) is 14.3. The first kappa shape index (κ1) is 36.3. The molecule has 0 spiro atoms. The van der Waals surface area contributed by atoms with Crippen molar-refractivity contribution in [2.75, 3.05) is 25.7 Å². The van der Waals surface area contributed by atoms with E-state index < -0.39 is 33.7 Å². The number of aryl methyl sites for hydroxylation is 1. The number of ether oxygens (including phenoxy) is 2. The second-order valence-corrected chi connectivity index (χ2v) is 17.7. The molecule has 10 nitrogen and oxygen atoms in total. The summed E-state index contributed by atoms with van der Waals surface area (Å²) < 4.78 is 12.9. The topological polar surface area (TPSA) is 111 Å². The van der Waals surface area contributed by atoms with Gasteiger partial charge in [0.25, 0.3) is 0 Å². The fourth-order valence-corrected chi connectivity index (χ4v) is 6.80. The zero-order valence-corrected chi connectivity index (χ0v) is 30.9. The molecular weight excluding hydrogens is 625 g/mol. The maximum atomic E-state index is 13.4. The smallest absolute Gasteiger partial charge is 0.410 e. The normalized spacial score (nSPS) is 12.8. The van der Waals surface area contributed by atoms with Gasteiger partial charge in [-0.15, -0.1) is 0 Å². The number of rotatable bonds is 8. The lowest BCUT2D eigenvalue weighted by atomic mass is 10.0. The van der Waals surface area contributed by atoms with Crippen LogP contribution in [0.5, 0.6) is 5.88 Å². The Kier molecular flexibility index (Phi) is 10.8. The molecule has 0 aromatic carbocycles. The Morgan fingerprint density at radius 2 is 1.71 bits per heavy atom. The number of pyridine rings is 3. The van der Waals surface area contributed by atoms with Crippen LogP contribution >= 0.6 is 10.0 Å². The SMILES string of the molecule is COc1cc(-c2nc3cc(C)ccn3c2-c2ccc(NC(=O)C(C)N(C)C(=O)OC(C)(C)C)nc2C#CS(C)(C(C)C)C(C)C)ccn1. The van der Waals surface area contributed by atoms with E-state index in [1.54, 1.807) is 47.1 Å². The third-order valence-electron chi connectivity index (χ3n) is 8.39. The van der Waals surface area contributed by atoms with E-state index in [2.05, 4.69) is 55.4 Å². The molecule has 1 atom stereocenters. The number of amides is 2. The standard InChI is InChI=1S/C37H48N6O4S/c1-23(2)48(12,24(3)4)20-17-29-28(13-14-30(39-29)40-35(44)26(6)42(10)36(45)47-37(7,8)9)34-33(27-15-18-38-32(22-27)46-11)41-31-21-25(5)16-19-43(31)34/h13-16,18-19,21-24,26H,1-12H3,(H,39,40,44). The molecule has 0 aliphatic heterocycles. The number of hydrogen-bond donors (Lipinski definition) is 1. The lowest BCUT2D eigenvalue weighted by molar-refractivity contribution is -0.120. The largest absolute Gasteiger partial charge is 0.481 e. The molecule has 0 saturated carbocycles. The number of carbonyl (C=O) groups is 2. The number of imidazole rings is 1. The summed E-state index contributed by atoms with van der Waals surface area (Å²) in [7, 11) is 1.77. The highest BCUT2D eigenvalue weighted by Gasteiger charge is 2.28. The number of carbonyl (C=O) groups excluding carboxylic acids is 2. The van der Waals surface area contributed by atoms with Crippen LogP contribution in [0.15, 0.2) is 48.8 Å². The lowest BCUT2D eigenvalue weighted by Crippen LogP contribution is -2.45. The van der Waals surface area contributed by atoms with Crippen molar-refractivity contribution in [1.82, 2.24) is 24.3 Å². The second-order valence-electron chi connectivity index (χ2n) is 13.5. The first-order valence-corrected chi connectivity index (χ1v) is 18.2. The zero-order chi connectivity index (χ0) is 35.6. The van der Waals surface area contributed by atoms with Gasteiger partial charge in [-0.05, 0) is 98.4 Å². The highest BCUT2D eigenvalue weighted by molar-refractivity contribution is 8.37. The van der Waals surface area contributed by atoms with Gasteiger partial charge in [-0.25, -0.2) is 19.7 Å². The molecule has 4 aromatic rings. The van der Waals surface area contributed by atoms with Crippen molar-refractivity contribution in [3.05, 3.63) is 60.0 Å². The van der Waals surface area contributed by atoms with Gasteiger partial charge in [0.1, 0.15) is 28.8 Å². The lowest BCUT2D eigenvalue weighted by Gasteiger charge is -2.38. The van der Waals surface area contributed by atoms with Crippen LogP contribution in [0, 0.1) is 18.1 Å². The Hall–Kier alpha value is -4.56. The molecule has 1 unspecified atom stereocenters. The number of aromatic nitrogens is 4. The molecule has 0 bridgehead atoms. The van der Waals surface area contributed by atoms with E-state index >= 15 is 0 Å². The highest BCUT2D eigenvalue weighted by atomic mass is 32.3. The molecule has 0 fully saturated rings. The van der Waals surface area contributed by atoms with Crippen LogP contribution in [0.1, 0.15) is 66.6 Å². The van der Waals surface area contributed by atoms with E-state index in [1.807, 2.05) is 47.9 Å². The van der Waals surface area contributed by atoms with E-state index in [0.29, 0.717) is 27.9 Å². The quantitative estimate of drug-likeness (QED) is 0.193. The third-order valence-corrected chi connectivity index (χ3v) is 12.8. The molecular formula is C37H48N6O4S. The summed E-state index contributed by atoms with van der Waals surface area (Å²) in [4.78, 5) is 41.6. The summed E-state index contributed by atoms with van der Waals surface area (Å²) in [6.45, 7) is 17.8. The van der Waals surface area contributed by atoms with Crippen molar-refractivity contribution in [1.29, 1.82) is 0 Å². The van der Waals surface area contributed by atoms with Crippen LogP contribution < -0.4 is 10.1 Å². The Bertz CT molecular complexity index is 1870. The highest BCUT2D eigenvalue weighted by Crippen LogP contribution is 2.52. The Labute approximate surface area is 286 Å². The van der Waals surface area contributed by atoms with Crippen LogP contribution in [-0.4, -0.2) is 78.8 Å². The molecule has 4 aromatic heterocycles. The fourth-order valence-electron chi connectivity index (χ4n) is 4.93.